The molecule has 4 N–H and O–H groups in total. The maximum atomic E-state index is 12.1. The fraction of sp³-hybridized carbons (Fsp3) is 0.0714. The van der Waals surface area contributed by atoms with Crippen LogP contribution in [0.15, 0.2) is 36.4 Å². The lowest BCUT2D eigenvalue weighted by molar-refractivity contribution is 0.102. The minimum atomic E-state index is -0.436. The van der Waals surface area contributed by atoms with Crippen molar-refractivity contribution < 1.29 is 9.90 Å². The molecule has 2 aromatic carbocycles. The van der Waals surface area contributed by atoms with Crippen LogP contribution in [-0.4, -0.2) is 11.0 Å². The van der Waals surface area contributed by atoms with E-state index in [-0.39, 0.29) is 11.3 Å². The van der Waals surface area contributed by atoms with E-state index in [1.54, 1.807) is 37.3 Å². The number of amides is 1. The summed E-state index contributed by atoms with van der Waals surface area (Å²) in [6.07, 6.45) is 0. The van der Waals surface area contributed by atoms with Crippen LogP contribution in [0.2, 0.25) is 5.02 Å². The van der Waals surface area contributed by atoms with Gasteiger partial charge in [-0.3, -0.25) is 4.79 Å². The molecule has 0 unspecified atom stereocenters. The van der Waals surface area contributed by atoms with E-state index in [4.69, 9.17) is 17.3 Å². The van der Waals surface area contributed by atoms with Gasteiger partial charge in [0.1, 0.15) is 5.75 Å². The molecule has 1 amide bonds. The first-order valence-electron chi connectivity index (χ1n) is 5.64. The Morgan fingerprint density at radius 1 is 1.32 bits per heavy atom. The molecule has 19 heavy (non-hydrogen) atoms. The van der Waals surface area contributed by atoms with Crippen molar-refractivity contribution >= 4 is 28.9 Å². The van der Waals surface area contributed by atoms with E-state index in [9.17, 15) is 9.90 Å². The van der Waals surface area contributed by atoms with Gasteiger partial charge in [0, 0.05) is 5.69 Å². The van der Waals surface area contributed by atoms with Gasteiger partial charge in [-0.05, 0) is 36.8 Å². The zero-order chi connectivity index (χ0) is 14.0. The quantitative estimate of drug-likeness (QED) is 0.737. The van der Waals surface area contributed by atoms with Gasteiger partial charge < -0.3 is 16.2 Å². The second-order valence-electron chi connectivity index (χ2n) is 4.16. The molecule has 2 aromatic rings. The predicted octanol–water partition coefficient (Wildman–Crippen LogP) is 3.19. The molecule has 0 bridgehead atoms. The predicted molar refractivity (Wildman–Crippen MR) is 76.7 cm³/mol. The molecule has 0 heterocycles. The van der Waals surface area contributed by atoms with Gasteiger partial charge in [-0.25, -0.2) is 0 Å². The molecule has 98 valence electrons. The summed E-state index contributed by atoms with van der Waals surface area (Å²) in [7, 11) is 0. The topological polar surface area (TPSA) is 75.4 Å². The summed E-state index contributed by atoms with van der Waals surface area (Å²) >= 11 is 5.97. The largest absolute Gasteiger partial charge is 0.507 e. The highest BCUT2D eigenvalue weighted by Gasteiger charge is 2.14. The van der Waals surface area contributed by atoms with Crippen molar-refractivity contribution in [1.29, 1.82) is 0 Å². The summed E-state index contributed by atoms with van der Waals surface area (Å²) in [5.74, 6) is -0.478. The first-order valence-corrected chi connectivity index (χ1v) is 6.02. The third-order valence-electron chi connectivity index (χ3n) is 2.72. The summed E-state index contributed by atoms with van der Waals surface area (Å²) in [5.41, 5.74) is 7.36. The molecular formula is C14H13ClN2O2. The van der Waals surface area contributed by atoms with Crippen molar-refractivity contribution in [3.05, 3.63) is 52.5 Å². The Kier molecular flexibility index (Phi) is 3.62. The number of nitrogens with one attached hydrogen (secondary N) is 1. The number of rotatable bonds is 2. The monoisotopic (exact) mass is 276 g/mol. The number of phenolic OH excluding ortho intramolecular Hbond substituents is 1. The molecule has 0 spiro atoms. The molecule has 5 heteroatoms. The van der Waals surface area contributed by atoms with Crippen LogP contribution < -0.4 is 11.1 Å². The fourth-order valence-electron chi connectivity index (χ4n) is 1.67. The van der Waals surface area contributed by atoms with Crippen LogP contribution in [0.5, 0.6) is 5.75 Å². The second-order valence-corrected chi connectivity index (χ2v) is 4.57. The molecule has 0 radical (unpaired) electrons. The number of aromatic hydroxyl groups is 1. The van der Waals surface area contributed by atoms with E-state index < -0.39 is 5.91 Å². The van der Waals surface area contributed by atoms with Crippen molar-refractivity contribution in [3.8, 4) is 5.75 Å². The Balaban J connectivity index is 2.31. The summed E-state index contributed by atoms with van der Waals surface area (Å²) in [4.78, 5) is 12.1. The van der Waals surface area contributed by atoms with Gasteiger partial charge in [0.25, 0.3) is 5.91 Å². The van der Waals surface area contributed by atoms with E-state index in [1.807, 2.05) is 0 Å². The van der Waals surface area contributed by atoms with E-state index >= 15 is 0 Å². The number of aryl methyl sites for hydroxylation is 1. The van der Waals surface area contributed by atoms with Gasteiger partial charge in [-0.2, -0.15) is 0 Å². The minimum absolute atomic E-state index is 0.0416. The fourth-order valence-corrected chi connectivity index (χ4v) is 1.84. The van der Waals surface area contributed by atoms with Gasteiger partial charge in [-0.15, -0.1) is 0 Å². The maximum absolute atomic E-state index is 12.1. The molecule has 4 nitrogen and oxygen atoms in total. The zero-order valence-corrected chi connectivity index (χ0v) is 11.0. The Morgan fingerprint density at radius 3 is 2.79 bits per heavy atom. The van der Waals surface area contributed by atoms with Crippen LogP contribution in [0.3, 0.4) is 0 Å². The molecule has 2 rings (SSSR count). The molecule has 0 fully saturated rings. The SMILES string of the molecule is Cc1cccc(C(=O)Nc2cc(N)ccc2Cl)c1O. The first kappa shape index (κ1) is 13.2. The van der Waals surface area contributed by atoms with Crippen LogP contribution in [0, 0.1) is 6.92 Å². The summed E-state index contributed by atoms with van der Waals surface area (Å²) in [5, 5.41) is 12.9. The Hall–Kier alpha value is -2.20. The number of hydrogen-bond acceptors (Lipinski definition) is 3. The zero-order valence-electron chi connectivity index (χ0n) is 10.3. The van der Waals surface area contributed by atoms with Gasteiger partial charge in [0.05, 0.1) is 16.3 Å². The molecule has 0 aliphatic carbocycles. The van der Waals surface area contributed by atoms with Crippen molar-refractivity contribution in [2.75, 3.05) is 11.1 Å². The Labute approximate surface area is 115 Å². The van der Waals surface area contributed by atoms with Crippen molar-refractivity contribution in [3.63, 3.8) is 0 Å². The van der Waals surface area contributed by atoms with E-state index in [2.05, 4.69) is 5.32 Å². The van der Waals surface area contributed by atoms with E-state index in [1.165, 1.54) is 6.07 Å². The third kappa shape index (κ3) is 2.80. The second kappa shape index (κ2) is 5.20. The summed E-state index contributed by atoms with van der Waals surface area (Å²) in [6, 6.07) is 9.76. The standard InChI is InChI=1S/C14H13ClN2O2/c1-8-3-2-4-10(13(8)18)14(19)17-12-7-9(16)5-6-11(12)15/h2-7,18H,16H2,1H3,(H,17,19). The maximum Gasteiger partial charge on any atom is 0.259 e. The average molecular weight is 277 g/mol. The lowest BCUT2D eigenvalue weighted by Gasteiger charge is -2.10. The van der Waals surface area contributed by atoms with Crippen LogP contribution >= 0.6 is 11.6 Å². The molecule has 0 saturated carbocycles. The van der Waals surface area contributed by atoms with E-state index in [0.717, 1.165) is 0 Å². The van der Waals surface area contributed by atoms with Crippen molar-refractivity contribution in [2.24, 2.45) is 0 Å². The number of anilines is 2. The van der Waals surface area contributed by atoms with Crippen LogP contribution in [0.4, 0.5) is 11.4 Å². The number of halogens is 1. The minimum Gasteiger partial charge on any atom is -0.507 e. The highest BCUT2D eigenvalue weighted by Crippen LogP contribution is 2.27. The van der Waals surface area contributed by atoms with Gasteiger partial charge in [0.15, 0.2) is 0 Å². The molecule has 0 aromatic heterocycles. The number of nitrogens with two attached hydrogens (primary N) is 1. The first-order chi connectivity index (χ1) is 8.99. The number of nitrogen functional groups attached to an aromatic ring is 1. The molecular weight excluding hydrogens is 264 g/mol. The third-order valence-corrected chi connectivity index (χ3v) is 3.05. The van der Waals surface area contributed by atoms with Gasteiger partial charge in [0.2, 0.25) is 0 Å². The van der Waals surface area contributed by atoms with Crippen molar-refractivity contribution in [2.45, 2.75) is 6.92 Å². The van der Waals surface area contributed by atoms with Crippen LogP contribution in [0.25, 0.3) is 0 Å². The van der Waals surface area contributed by atoms with Gasteiger partial charge in [-0.1, -0.05) is 23.7 Å². The number of carbonyl (C=O) groups excluding carboxylic acids is 1. The summed E-state index contributed by atoms with van der Waals surface area (Å²) in [6.45, 7) is 1.72. The van der Waals surface area contributed by atoms with Crippen LogP contribution in [0.1, 0.15) is 15.9 Å². The number of benzene rings is 2. The lowest BCUT2D eigenvalue weighted by Crippen LogP contribution is -2.13. The Morgan fingerprint density at radius 2 is 2.05 bits per heavy atom. The molecule has 0 aliphatic heterocycles. The molecule has 0 saturated heterocycles. The number of hydrogen-bond donors (Lipinski definition) is 3. The summed E-state index contributed by atoms with van der Waals surface area (Å²) < 4.78 is 0. The highest BCUT2D eigenvalue weighted by atomic mass is 35.5. The lowest BCUT2D eigenvalue weighted by atomic mass is 10.1. The van der Waals surface area contributed by atoms with Crippen LogP contribution in [-0.2, 0) is 0 Å². The highest BCUT2D eigenvalue weighted by molar-refractivity contribution is 6.34. The number of para-hydroxylation sites is 1. The normalized spacial score (nSPS) is 10.2. The molecule has 0 atom stereocenters. The molecule has 0 aliphatic rings. The smallest absolute Gasteiger partial charge is 0.259 e. The average Bonchev–Trinajstić information content (AvgIpc) is 2.37. The number of phenols is 1. The number of carbonyl (C=O) groups is 1. The van der Waals surface area contributed by atoms with E-state index in [0.29, 0.717) is 22.0 Å². The van der Waals surface area contributed by atoms with Gasteiger partial charge >= 0.3 is 0 Å². The Bertz CT molecular complexity index is 641. The van der Waals surface area contributed by atoms with Crippen molar-refractivity contribution in [1.82, 2.24) is 0 Å².